The van der Waals surface area contributed by atoms with Gasteiger partial charge in [0.1, 0.15) is 0 Å². The molecule has 0 aromatic carbocycles. The second-order valence-electron chi connectivity index (χ2n) is 5.84. The van der Waals surface area contributed by atoms with E-state index in [1.54, 1.807) is 6.92 Å². The first-order valence-corrected chi connectivity index (χ1v) is 6.79. The molecule has 0 unspecified atom stereocenters. The van der Waals surface area contributed by atoms with Crippen LogP contribution in [0.2, 0.25) is 0 Å². The van der Waals surface area contributed by atoms with Crippen LogP contribution in [0.5, 0.6) is 0 Å². The Kier molecular flexibility index (Phi) is 4.91. The number of ether oxygens (including phenoxy) is 1. The van der Waals surface area contributed by atoms with E-state index in [4.69, 9.17) is 4.74 Å². The van der Waals surface area contributed by atoms with E-state index in [1.165, 1.54) is 6.92 Å². The van der Waals surface area contributed by atoms with E-state index in [1.807, 2.05) is 20.8 Å². The molecule has 0 aliphatic heterocycles. The van der Waals surface area contributed by atoms with Crippen molar-refractivity contribution in [2.75, 3.05) is 0 Å². The van der Waals surface area contributed by atoms with E-state index in [2.05, 4.69) is 0 Å². The van der Waals surface area contributed by atoms with E-state index in [-0.39, 0.29) is 11.2 Å². The molecule has 0 aromatic rings. The minimum atomic E-state index is -0.854. The number of carbonyl (C=O) groups is 2. The fourth-order valence-corrected chi connectivity index (χ4v) is 2.76. The average Bonchev–Trinajstić information content (AvgIpc) is 2.31. The highest BCUT2D eigenvalue weighted by molar-refractivity contribution is 5.88. The lowest BCUT2D eigenvalue weighted by Gasteiger charge is -2.39. The number of hydrogen-bond acceptors (Lipinski definition) is 4. The van der Waals surface area contributed by atoms with Gasteiger partial charge in [0.25, 0.3) is 0 Å². The Bertz CT molecular complexity index is 406. The van der Waals surface area contributed by atoms with Crippen molar-refractivity contribution in [2.45, 2.75) is 66.1 Å². The first kappa shape index (κ1) is 15.9. The minimum absolute atomic E-state index is 0.119. The number of aliphatic hydroxyl groups excluding tert-OH is 1. The molecular formula is C15H24O4. The van der Waals surface area contributed by atoms with Crippen LogP contribution in [0.4, 0.5) is 0 Å². The maximum absolute atomic E-state index is 12.1. The fraction of sp³-hybridized carbons (Fsp3) is 0.733. The molecule has 0 amide bonds. The molecule has 0 heterocycles. The zero-order chi connectivity index (χ0) is 14.8. The first-order chi connectivity index (χ1) is 8.70. The third-order valence-corrected chi connectivity index (χ3v) is 3.88. The van der Waals surface area contributed by atoms with Crippen LogP contribution in [0.15, 0.2) is 11.1 Å². The molecule has 1 rings (SSSR count). The average molecular weight is 268 g/mol. The van der Waals surface area contributed by atoms with Gasteiger partial charge in [-0.25, -0.2) is 0 Å². The van der Waals surface area contributed by atoms with Crippen molar-refractivity contribution < 1.29 is 19.4 Å². The van der Waals surface area contributed by atoms with E-state index >= 15 is 0 Å². The van der Waals surface area contributed by atoms with E-state index in [9.17, 15) is 14.7 Å². The van der Waals surface area contributed by atoms with Crippen molar-refractivity contribution in [1.29, 1.82) is 0 Å². The van der Waals surface area contributed by atoms with Crippen LogP contribution < -0.4 is 0 Å². The molecule has 19 heavy (non-hydrogen) atoms. The molecule has 0 radical (unpaired) electrons. The molecule has 1 aliphatic carbocycles. The lowest BCUT2D eigenvalue weighted by Crippen LogP contribution is -2.39. The predicted molar refractivity (Wildman–Crippen MR) is 72.6 cm³/mol. The summed E-state index contributed by atoms with van der Waals surface area (Å²) in [6.45, 7) is 8.92. The highest BCUT2D eigenvalue weighted by atomic mass is 16.5. The molecule has 4 heteroatoms. The Morgan fingerprint density at radius 1 is 1.47 bits per heavy atom. The zero-order valence-electron chi connectivity index (χ0n) is 12.4. The van der Waals surface area contributed by atoms with Gasteiger partial charge >= 0.3 is 5.97 Å². The summed E-state index contributed by atoms with van der Waals surface area (Å²) < 4.78 is 5.24. The van der Waals surface area contributed by atoms with E-state index in [0.29, 0.717) is 12.8 Å². The maximum atomic E-state index is 12.1. The van der Waals surface area contributed by atoms with Crippen LogP contribution in [0.3, 0.4) is 0 Å². The standard InChI is InChI=1S/C15H24O4/c1-6-11(17)14(19-10(3)16)13-9(2)12(18)7-8-15(13,4)5/h12,14,18H,6-8H2,1-5H3/t12-,14-/m0/s1. The second kappa shape index (κ2) is 5.87. The number of ketones is 1. The van der Waals surface area contributed by atoms with Crippen molar-refractivity contribution in [3.8, 4) is 0 Å². The summed E-state index contributed by atoms with van der Waals surface area (Å²) >= 11 is 0. The van der Waals surface area contributed by atoms with Gasteiger partial charge in [-0.1, -0.05) is 20.8 Å². The van der Waals surface area contributed by atoms with E-state index in [0.717, 1.165) is 17.6 Å². The molecule has 0 fully saturated rings. The van der Waals surface area contributed by atoms with Crippen molar-refractivity contribution in [3.05, 3.63) is 11.1 Å². The molecule has 108 valence electrons. The number of aliphatic hydroxyl groups is 1. The lowest BCUT2D eigenvalue weighted by molar-refractivity contribution is -0.151. The van der Waals surface area contributed by atoms with Gasteiger partial charge in [-0.3, -0.25) is 9.59 Å². The Balaban J connectivity index is 3.27. The highest BCUT2D eigenvalue weighted by Gasteiger charge is 2.40. The zero-order valence-corrected chi connectivity index (χ0v) is 12.4. The van der Waals surface area contributed by atoms with Crippen molar-refractivity contribution >= 4 is 11.8 Å². The highest BCUT2D eigenvalue weighted by Crippen LogP contribution is 2.43. The summed E-state index contributed by atoms with van der Waals surface area (Å²) in [4.78, 5) is 23.4. The summed E-state index contributed by atoms with van der Waals surface area (Å²) in [5, 5.41) is 10.0. The van der Waals surface area contributed by atoms with Crippen LogP contribution in [0.1, 0.15) is 53.9 Å². The minimum Gasteiger partial charge on any atom is -0.450 e. The van der Waals surface area contributed by atoms with Gasteiger partial charge in [0.05, 0.1) is 6.10 Å². The number of esters is 1. The molecule has 0 bridgehead atoms. The molecule has 0 spiro atoms. The summed E-state index contributed by atoms with van der Waals surface area (Å²) in [7, 11) is 0. The van der Waals surface area contributed by atoms with Crippen LogP contribution in [0, 0.1) is 5.41 Å². The van der Waals surface area contributed by atoms with Crippen molar-refractivity contribution in [1.82, 2.24) is 0 Å². The Morgan fingerprint density at radius 3 is 2.53 bits per heavy atom. The molecule has 1 N–H and O–H groups in total. The summed E-state index contributed by atoms with van der Waals surface area (Å²) in [5.74, 6) is -0.588. The van der Waals surface area contributed by atoms with Crippen molar-refractivity contribution in [3.63, 3.8) is 0 Å². The molecule has 4 nitrogen and oxygen atoms in total. The Labute approximate surface area is 114 Å². The monoisotopic (exact) mass is 268 g/mol. The summed E-state index contributed by atoms with van der Waals surface area (Å²) in [6, 6.07) is 0. The summed E-state index contributed by atoms with van der Waals surface area (Å²) in [5.41, 5.74) is 1.30. The Hall–Kier alpha value is -1.16. The molecular weight excluding hydrogens is 244 g/mol. The third-order valence-electron chi connectivity index (χ3n) is 3.88. The quantitative estimate of drug-likeness (QED) is 0.628. The topological polar surface area (TPSA) is 63.6 Å². The fourth-order valence-electron chi connectivity index (χ4n) is 2.76. The Morgan fingerprint density at radius 2 is 2.05 bits per heavy atom. The molecule has 2 atom stereocenters. The van der Waals surface area contributed by atoms with Crippen LogP contribution in [-0.4, -0.2) is 29.1 Å². The molecule has 0 saturated heterocycles. The molecule has 0 aromatic heterocycles. The van der Waals surface area contributed by atoms with Crippen LogP contribution in [0.25, 0.3) is 0 Å². The van der Waals surface area contributed by atoms with Gasteiger partial charge in [-0.15, -0.1) is 0 Å². The van der Waals surface area contributed by atoms with Gasteiger partial charge in [-0.05, 0) is 36.3 Å². The van der Waals surface area contributed by atoms with Gasteiger partial charge < -0.3 is 9.84 Å². The first-order valence-electron chi connectivity index (χ1n) is 6.79. The molecule has 0 saturated carbocycles. The molecule has 1 aliphatic rings. The SMILES string of the molecule is CCC(=O)[C@H](OC(C)=O)C1=C(C)[C@@H](O)CCC1(C)C. The maximum Gasteiger partial charge on any atom is 0.303 e. The smallest absolute Gasteiger partial charge is 0.303 e. The van der Waals surface area contributed by atoms with Gasteiger partial charge in [0.2, 0.25) is 0 Å². The van der Waals surface area contributed by atoms with E-state index < -0.39 is 18.2 Å². The number of carbonyl (C=O) groups excluding carboxylic acids is 2. The number of Topliss-reactive ketones (excluding diaryl/α,β-unsaturated/α-hetero) is 1. The van der Waals surface area contributed by atoms with Gasteiger partial charge in [-0.2, -0.15) is 0 Å². The third kappa shape index (κ3) is 3.44. The summed E-state index contributed by atoms with van der Waals surface area (Å²) in [6.07, 6.45) is 0.351. The largest absolute Gasteiger partial charge is 0.450 e. The predicted octanol–water partition coefficient (Wildman–Crippen LogP) is 2.39. The van der Waals surface area contributed by atoms with Crippen molar-refractivity contribution in [2.24, 2.45) is 5.41 Å². The van der Waals surface area contributed by atoms with Gasteiger partial charge in [0, 0.05) is 13.3 Å². The van der Waals surface area contributed by atoms with Gasteiger partial charge in [0.15, 0.2) is 11.9 Å². The second-order valence-corrected chi connectivity index (χ2v) is 5.84. The number of rotatable bonds is 4. The van der Waals surface area contributed by atoms with Crippen LogP contribution in [-0.2, 0) is 14.3 Å². The lowest BCUT2D eigenvalue weighted by atomic mass is 9.69. The number of hydrogen-bond donors (Lipinski definition) is 1. The van der Waals surface area contributed by atoms with Crippen LogP contribution >= 0.6 is 0 Å². The normalized spacial score (nSPS) is 24.0.